The van der Waals surface area contributed by atoms with Gasteiger partial charge in [0, 0.05) is 29.9 Å². The lowest BCUT2D eigenvalue weighted by Gasteiger charge is -2.23. The Bertz CT molecular complexity index is 721. The molecule has 8 heteroatoms. The van der Waals surface area contributed by atoms with Gasteiger partial charge in [0.25, 0.3) is 0 Å². The normalized spacial score (nSPS) is 25.1. The zero-order valence-corrected chi connectivity index (χ0v) is 13.3. The molecule has 4 heterocycles. The number of thiophene rings is 1. The van der Waals surface area contributed by atoms with Crippen LogP contribution in [-0.4, -0.2) is 42.3 Å². The van der Waals surface area contributed by atoms with Gasteiger partial charge in [-0.05, 0) is 25.5 Å². The van der Waals surface area contributed by atoms with Gasteiger partial charge < -0.3 is 10.2 Å². The van der Waals surface area contributed by atoms with E-state index in [1.165, 1.54) is 6.33 Å². The van der Waals surface area contributed by atoms with Gasteiger partial charge in [0.2, 0.25) is 0 Å². The number of fused-ring (bicyclic) bond motifs is 1. The SMILES string of the molecule is FC(F)(F)Cc1cc2c(N3CC[C@]4(CCNC4)C3)ncnc2s1. The zero-order chi connectivity index (χ0) is 16.1. The van der Waals surface area contributed by atoms with E-state index < -0.39 is 12.6 Å². The van der Waals surface area contributed by atoms with Crippen LogP contribution < -0.4 is 10.2 Å². The molecular weight excluding hydrogens is 325 g/mol. The molecule has 2 aliphatic rings. The molecule has 0 radical (unpaired) electrons. The molecule has 0 bridgehead atoms. The molecule has 4 nitrogen and oxygen atoms in total. The minimum absolute atomic E-state index is 0.294. The minimum Gasteiger partial charge on any atom is -0.355 e. The van der Waals surface area contributed by atoms with Crippen molar-refractivity contribution in [3.63, 3.8) is 0 Å². The standard InChI is InChI=1S/C15H17F3N4S/c16-15(17,18)6-10-5-11-12(20-9-21-13(11)23-10)22-4-2-14(8-22)1-3-19-7-14/h5,9,19H,1-4,6-8H2/t14-/m0/s1. The monoisotopic (exact) mass is 342 g/mol. The average Bonchev–Trinajstić information content (AvgIpc) is 3.17. The summed E-state index contributed by atoms with van der Waals surface area (Å²) in [6.07, 6.45) is -1.38. The quantitative estimate of drug-likeness (QED) is 0.911. The second-order valence-electron chi connectivity index (χ2n) is 6.52. The Balaban J connectivity index is 1.65. The van der Waals surface area contributed by atoms with Gasteiger partial charge in [-0.25, -0.2) is 9.97 Å². The molecule has 1 N–H and O–H groups in total. The van der Waals surface area contributed by atoms with Crippen molar-refractivity contribution in [2.24, 2.45) is 5.41 Å². The first-order valence-electron chi connectivity index (χ1n) is 7.70. The molecule has 2 aliphatic heterocycles. The molecule has 0 unspecified atom stereocenters. The van der Waals surface area contributed by atoms with E-state index in [0.717, 1.165) is 61.6 Å². The lowest BCUT2D eigenvalue weighted by molar-refractivity contribution is -0.126. The summed E-state index contributed by atoms with van der Waals surface area (Å²) in [5, 5.41) is 4.16. The molecule has 1 atom stereocenters. The highest BCUT2D eigenvalue weighted by Gasteiger charge is 2.41. The molecule has 2 aromatic rings. The maximum atomic E-state index is 12.6. The van der Waals surface area contributed by atoms with E-state index >= 15 is 0 Å². The molecule has 124 valence electrons. The highest BCUT2D eigenvalue weighted by atomic mass is 32.1. The Labute approximate surface area is 135 Å². The highest BCUT2D eigenvalue weighted by Crippen LogP contribution is 2.40. The predicted molar refractivity (Wildman–Crippen MR) is 83.9 cm³/mol. The van der Waals surface area contributed by atoms with Gasteiger partial charge in [0.05, 0.1) is 11.8 Å². The summed E-state index contributed by atoms with van der Waals surface area (Å²) in [5.41, 5.74) is 0.294. The molecule has 0 aliphatic carbocycles. The smallest absolute Gasteiger partial charge is 0.355 e. The maximum Gasteiger partial charge on any atom is 0.393 e. The van der Waals surface area contributed by atoms with Crippen LogP contribution in [0.4, 0.5) is 19.0 Å². The number of hydrogen-bond donors (Lipinski definition) is 1. The maximum absolute atomic E-state index is 12.6. The summed E-state index contributed by atoms with van der Waals surface area (Å²) in [6.45, 7) is 3.87. The number of anilines is 1. The van der Waals surface area contributed by atoms with Crippen molar-refractivity contribution in [1.82, 2.24) is 15.3 Å². The largest absolute Gasteiger partial charge is 0.393 e. The molecule has 2 saturated heterocycles. The molecule has 0 saturated carbocycles. The van der Waals surface area contributed by atoms with E-state index in [2.05, 4.69) is 20.2 Å². The van der Waals surface area contributed by atoms with Crippen LogP contribution in [0.15, 0.2) is 12.4 Å². The van der Waals surface area contributed by atoms with Crippen molar-refractivity contribution >= 4 is 27.4 Å². The molecule has 1 spiro atoms. The Morgan fingerprint density at radius 2 is 2.17 bits per heavy atom. The van der Waals surface area contributed by atoms with E-state index in [1.807, 2.05) is 0 Å². The van der Waals surface area contributed by atoms with Gasteiger partial charge >= 0.3 is 6.18 Å². The van der Waals surface area contributed by atoms with E-state index in [9.17, 15) is 13.2 Å². The number of nitrogens with zero attached hydrogens (tertiary/aromatic N) is 3. The highest BCUT2D eigenvalue weighted by molar-refractivity contribution is 7.18. The Morgan fingerprint density at radius 3 is 2.91 bits per heavy atom. The van der Waals surface area contributed by atoms with Crippen LogP contribution >= 0.6 is 11.3 Å². The van der Waals surface area contributed by atoms with Crippen LogP contribution in [0, 0.1) is 5.41 Å². The van der Waals surface area contributed by atoms with Crippen LogP contribution in [0.25, 0.3) is 10.2 Å². The molecule has 0 aromatic carbocycles. The first kappa shape index (κ1) is 15.1. The van der Waals surface area contributed by atoms with Gasteiger partial charge in [-0.15, -0.1) is 11.3 Å². The number of nitrogens with one attached hydrogen (secondary N) is 1. The third-order valence-corrected chi connectivity index (χ3v) is 5.85. The number of halogens is 3. The summed E-state index contributed by atoms with van der Waals surface area (Å²) in [7, 11) is 0. The van der Waals surface area contributed by atoms with Crippen LogP contribution in [0.2, 0.25) is 0 Å². The van der Waals surface area contributed by atoms with Crippen molar-refractivity contribution in [2.75, 3.05) is 31.1 Å². The van der Waals surface area contributed by atoms with Crippen LogP contribution in [0.5, 0.6) is 0 Å². The molecule has 0 amide bonds. The first-order chi connectivity index (χ1) is 10.9. The first-order valence-corrected chi connectivity index (χ1v) is 8.52. The van der Waals surface area contributed by atoms with E-state index in [0.29, 0.717) is 15.1 Å². The molecule has 2 aromatic heterocycles. The second-order valence-corrected chi connectivity index (χ2v) is 7.63. The van der Waals surface area contributed by atoms with Gasteiger partial charge in [-0.1, -0.05) is 0 Å². The van der Waals surface area contributed by atoms with Gasteiger partial charge in [0.15, 0.2) is 0 Å². The van der Waals surface area contributed by atoms with E-state index in [4.69, 9.17) is 0 Å². The molecular formula is C15H17F3N4S. The average molecular weight is 342 g/mol. The molecule has 23 heavy (non-hydrogen) atoms. The fourth-order valence-electron chi connectivity index (χ4n) is 3.69. The van der Waals surface area contributed by atoms with Crippen molar-refractivity contribution in [3.8, 4) is 0 Å². The topological polar surface area (TPSA) is 41.0 Å². The number of alkyl halides is 3. The number of aromatic nitrogens is 2. The van der Waals surface area contributed by atoms with Crippen molar-refractivity contribution < 1.29 is 13.2 Å². The summed E-state index contributed by atoms with van der Waals surface area (Å²) in [6, 6.07) is 1.61. The summed E-state index contributed by atoms with van der Waals surface area (Å²) < 4.78 is 37.9. The molecule has 2 fully saturated rings. The number of hydrogen-bond acceptors (Lipinski definition) is 5. The predicted octanol–water partition coefficient (Wildman–Crippen LogP) is 2.99. The Kier molecular flexibility index (Phi) is 3.49. The van der Waals surface area contributed by atoms with Crippen LogP contribution in [-0.2, 0) is 6.42 Å². The number of rotatable bonds is 2. The van der Waals surface area contributed by atoms with Gasteiger partial charge in [-0.2, -0.15) is 13.2 Å². The summed E-state index contributed by atoms with van der Waals surface area (Å²) in [5.74, 6) is 0.781. The van der Waals surface area contributed by atoms with E-state index in [1.54, 1.807) is 6.07 Å². The fraction of sp³-hybridized carbons (Fsp3) is 0.600. The second kappa shape index (κ2) is 5.31. The van der Waals surface area contributed by atoms with Gasteiger partial charge in [0.1, 0.15) is 17.0 Å². The van der Waals surface area contributed by atoms with Crippen LogP contribution in [0.1, 0.15) is 17.7 Å². The minimum atomic E-state index is -4.19. The third-order valence-electron chi connectivity index (χ3n) is 4.80. The van der Waals surface area contributed by atoms with Crippen molar-refractivity contribution in [1.29, 1.82) is 0 Å². The summed E-state index contributed by atoms with van der Waals surface area (Å²) >= 11 is 1.11. The fourth-order valence-corrected chi connectivity index (χ4v) is 4.71. The zero-order valence-electron chi connectivity index (χ0n) is 12.5. The Hall–Kier alpha value is -1.41. The summed E-state index contributed by atoms with van der Waals surface area (Å²) in [4.78, 5) is 11.7. The van der Waals surface area contributed by atoms with E-state index in [-0.39, 0.29) is 0 Å². The lowest BCUT2D eigenvalue weighted by atomic mass is 9.87. The Morgan fingerprint density at radius 1 is 1.30 bits per heavy atom. The molecule has 4 rings (SSSR count). The van der Waals surface area contributed by atoms with Crippen molar-refractivity contribution in [2.45, 2.75) is 25.4 Å². The van der Waals surface area contributed by atoms with Crippen LogP contribution in [0.3, 0.4) is 0 Å². The lowest BCUT2D eigenvalue weighted by Crippen LogP contribution is -2.29. The third kappa shape index (κ3) is 2.89. The van der Waals surface area contributed by atoms with Gasteiger partial charge in [-0.3, -0.25) is 0 Å². The van der Waals surface area contributed by atoms with Crippen molar-refractivity contribution in [3.05, 3.63) is 17.3 Å².